The highest BCUT2D eigenvalue weighted by molar-refractivity contribution is 6.22. The van der Waals surface area contributed by atoms with E-state index in [1.165, 1.54) is 5.56 Å². The maximum atomic E-state index is 6.38. The molecule has 0 aliphatic rings. The molecule has 0 saturated carbocycles. The third kappa shape index (κ3) is 2.40. The van der Waals surface area contributed by atoms with Gasteiger partial charge in [-0.2, -0.15) is 0 Å². The number of halogens is 1. The van der Waals surface area contributed by atoms with E-state index in [1.54, 1.807) is 0 Å². The molecule has 15 heavy (non-hydrogen) atoms. The Morgan fingerprint density at radius 3 is 1.93 bits per heavy atom. The molecule has 2 rings (SSSR count). The second-order valence-electron chi connectivity index (χ2n) is 3.68. The highest BCUT2D eigenvalue weighted by Gasteiger charge is 2.08. The van der Waals surface area contributed by atoms with Crippen LogP contribution in [0.5, 0.6) is 0 Å². The first-order valence-electron chi connectivity index (χ1n) is 5.03. The van der Waals surface area contributed by atoms with E-state index in [0.717, 1.165) is 11.1 Å². The number of alkyl halides is 1. The molecule has 1 atom stereocenters. The van der Waals surface area contributed by atoms with Crippen molar-refractivity contribution in [2.75, 3.05) is 0 Å². The van der Waals surface area contributed by atoms with Crippen LogP contribution in [0.3, 0.4) is 0 Å². The molecule has 0 saturated heterocycles. The molecule has 0 spiro atoms. The van der Waals surface area contributed by atoms with Crippen LogP contribution in [0, 0.1) is 6.92 Å². The summed E-state index contributed by atoms with van der Waals surface area (Å²) in [6, 6.07) is 18.5. The predicted octanol–water partition coefficient (Wildman–Crippen LogP) is 4.32. The molecule has 76 valence electrons. The SMILES string of the molecule is Cc1ccc([C@H](Cl)c2ccccc2)cc1. The van der Waals surface area contributed by atoms with E-state index in [0.29, 0.717) is 0 Å². The van der Waals surface area contributed by atoms with Crippen LogP contribution in [0.15, 0.2) is 54.6 Å². The first-order chi connectivity index (χ1) is 7.27. The van der Waals surface area contributed by atoms with Gasteiger partial charge in [0.2, 0.25) is 0 Å². The van der Waals surface area contributed by atoms with Crippen molar-refractivity contribution in [1.82, 2.24) is 0 Å². The Kier molecular flexibility index (Phi) is 3.08. The van der Waals surface area contributed by atoms with Gasteiger partial charge in [0.1, 0.15) is 0 Å². The van der Waals surface area contributed by atoms with Gasteiger partial charge in [0.05, 0.1) is 5.38 Å². The zero-order chi connectivity index (χ0) is 10.7. The molecule has 0 aliphatic carbocycles. The third-order valence-corrected chi connectivity index (χ3v) is 2.97. The number of hydrogen-bond donors (Lipinski definition) is 0. The molecule has 0 fully saturated rings. The van der Waals surface area contributed by atoms with E-state index in [-0.39, 0.29) is 5.38 Å². The molecular formula is C14H13Cl. The fourth-order valence-electron chi connectivity index (χ4n) is 1.55. The minimum atomic E-state index is -0.0493. The Bertz CT molecular complexity index is 417. The number of benzene rings is 2. The van der Waals surface area contributed by atoms with Crippen molar-refractivity contribution in [2.24, 2.45) is 0 Å². The summed E-state index contributed by atoms with van der Waals surface area (Å²) in [5.74, 6) is 0. The van der Waals surface area contributed by atoms with Gasteiger partial charge in [-0.05, 0) is 18.1 Å². The lowest BCUT2D eigenvalue weighted by molar-refractivity contribution is 1.14. The van der Waals surface area contributed by atoms with Gasteiger partial charge in [0.25, 0.3) is 0 Å². The summed E-state index contributed by atoms with van der Waals surface area (Å²) in [7, 11) is 0. The van der Waals surface area contributed by atoms with Gasteiger partial charge in [-0.1, -0.05) is 60.2 Å². The summed E-state index contributed by atoms with van der Waals surface area (Å²) in [6.07, 6.45) is 0. The Hall–Kier alpha value is -1.27. The molecule has 0 N–H and O–H groups in total. The fraction of sp³-hybridized carbons (Fsp3) is 0.143. The molecular weight excluding hydrogens is 204 g/mol. The Labute approximate surface area is 95.5 Å². The highest BCUT2D eigenvalue weighted by Crippen LogP contribution is 2.28. The Morgan fingerprint density at radius 2 is 1.33 bits per heavy atom. The maximum absolute atomic E-state index is 6.38. The van der Waals surface area contributed by atoms with Crippen LogP contribution < -0.4 is 0 Å². The second kappa shape index (κ2) is 4.50. The van der Waals surface area contributed by atoms with Crippen LogP contribution in [-0.4, -0.2) is 0 Å². The maximum Gasteiger partial charge on any atom is 0.0835 e. The molecule has 0 bridgehead atoms. The average Bonchev–Trinajstić information content (AvgIpc) is 2.30. The monoisotopic (exact) mass is 216 g/mol. The Morgan fingerprint density at radius 1 is 0.800 bits per heavy atom. The number of hydrogen-bond acceptors (Lipinski definition) is 0. The van der Waals surface area contributed by atoms with Crippen LogP contribution >= 0.6 is 11.6 Å². The van der Waals surface area contributed by atoms with Gasteiger partial charge in [0, 0.05) is 0 Å². The quantitative estimate of drug-likeness (QED) is 0.656. The summed E-state index contributed by atoms with van der Waals surface area (Å²) in [6.45, 7) is 2.08. The van der Waals surface area contributed by atoms with Gasteiger partial charge in [-0.3, -0.25) is 0 Å². The average molecular weight is 217 g/mol. The highest BCUT2D eigenvalue weighted by atomic mass is 35.5. The van der Waals surface area contributed by atoms with Crippen molar-refractivity contribution in [3.05, 3.63) is 71.3 Å². The zero-order valence-corrected chi connectivity index (χ0v) is 9.41. The van der Waals surface area contributed by atoms with Gasteiger partial charge in [-0.15, -0.1) is 11.6 Å². The van der Waals surface area contributed by atoms with Crippen molar-refractivity contribution in [3.8, 4) is 0 Å². The van der Waals surface area contributed by atoms with E-state index in [9.17, 15) is 0 Å². The summed E-state index contributed by atoms with van der Waals surface area (Å²) >= 11 is 6.38. The molecule has 0 aromatic heterocycles. The van der Waals surface area contributed by atoms with Crippen LogP contribution in [0.2, 0.25) is 0 Å². The van der Waals surface area contributed by atoms with Gasteiger partial charge in [-0.25, -0.2) is 0 Å². The predicted molar refractivity (Wildman–Crippen MR) is 65.3 cm³/mol. The first-order valence-corrected chi connectivity index (χ1v) is 5.46. The summed E-state index contributed by atoms with van der Waals surface area (Å²) in [5.41, 5.74) is 3.55. The molecule has 2 aromatic carbocycles. The molecule has 0 heterocycles. The molecule has 1 heteroatoms. The van der Waals surface area contributed by atoms with E-state index >= 15 is 0 Å². The number of rotatable bonds is 2. The normalized spacial score (nSPS) is 12.4. The lowest BCUT2D eigenvalue weighted by Crippen LogP contribution is -1.92. The number of aryl methyl sites for hydroxylation is 1. The van der Waals surface area contributed by atoms with Gasteiger partial charge in [0.15, 0.2) is 0 Å². The van der Waals surface area contributed by atoms with Gasteiger partial charge < -0.3 is 0 Å². The summed E-state index contributed by atoms with van der Waals surface area (Å²) in [5, 5.41) is -0.0493. The fourth-order valence-corrected chi connectivity index (χ4v) is 1.84. The Balaban J connectivity index is 2.29. The summed E-state index contributed by atoms with van der Waals surface area (Å²) in [4.78, 5) is 0. The molecule has 0 amide bonds. The minimum absolute atomic E-state index is 0.0493. The van der Waals surface area contributed by atoms with Crippen LogP contribution in [0.25, 0.3) is 0 Å². The molecule has 0 aliphatic heterocycles. The van der Waals surface area contributed by atoms with Gasteiger partial charge >= 0.3 is 0 Å². The lowest BCUT2D eigenvalue weighted by Gasteiger charge is -2.10. The van der Waals surface area contributed by atoms with Crippen LogP contribution in [0.1, 0.15) is 22.1 Å². The lowest BCUT2D eigenvalue weighted by atomic mass is 10.0. The van der Waals surface area contributed by atoms with E-state index < -0.39 is 0 Å². The third-order valence-electron chi connectivity index (χ3n) is 2.46. The van der Waals surface area contributed by atoms with E-state index in [2.05, 4.69) is 43.3 Å². The van der Waals surface area contributed by atoms with Crippen molar-refractivity contribution in [1.29, 1.82) is 0 Å². The molecule has 2 aromatic rings. The standard InChI is InChI=1S/C14H13Cl/c1-11-7-9-13(10-8-11)14(15)12-5-3-2-4-6-12/h2-10,14H,1H3/t14-/m1/s1. The van der Waals surface area contributed by atoms with Crippen molar-refractivity contribution >= 4 is 11.6 Å². The van der Waals surface area contributed by atoms with E-state index in [1.807, 2.05) is 18.2 Å². The largest absolute Gasteiger partial charge is 0.113 e. The zero-order valence-electron chi connectivity index (χ0n) is 8.65. The van der Waals surface area contributed by atoms with Crippen LogP contribution in [-0.2, 0) is 0 Å². The first kappa shape index (κ1) is 10.3. The smallest absolute Gasteiger partial charge is 0.0835 e. The van der Waals surface area contributed by atoms with Crippen molar-refractivity contribution in [2.45, 2.75) is 12.3 Å². The molecule has 0 nitrogen and oxygen atoms in total. The minimum Gasteiger partial charge on any atom is -0.113 e. The molecule has 0 unspecified atom stereocenters. The molecule has 0 radical (unpaired) electrons. The van der Waals surface area contributed by atoms with E-state index in [4.69, 9.17) is 11.6 Å². The topological polar surface area (TPSA) is 0 Å². The van der Waals surface area contributed by atoms with Crippen LogP contribution in [0.4, 0.5) is 0 Å². The van der Waals surface area contributed by atoms with Crippen molar-refractivity contribution < 1.29 is 0 Å². The van der Waals surface area contributed by atoms with Crippen molar-refractivity contribution in [3.63, 3.8) is 0 Å². The summed E-state index contributed by atoms with van der Waals surface area (Å²) < 4.78 is 0. The second-order valence-corrected chi connectivity index (χ2v) is 4.12.